The van der Waals surface area contributed by atoms with E-state index in [4.69, 9.17) is 5.73 Å². The van der Waals surface area contributed by atoms with Gasteiger partial charge in [-0.3, -0.25) is 4.79 Å². The van der Waals surface area contributed by atoms with Gasteiger partial charge < -0.3 is 5.73 Å². The Morgan fingerprint density at radius 3 is 2.24 bits per heavy atom. The highest BCUT2D eigenvalue weighted by molar-refractivity contribution is 7.90. The average molecular weight is 304 g/mol. The standard InChI is InChI=1S/C15H16N2O3S/c1-10-3-8-14(11(2)9-10)15(18)17-21(19,20)13-6-4-12(16)5-7-13/h3-9H,16H2,1-2H3,(H,17,18). The van der Waals surface area contributed by atoms with Crippen LogP contribution in [0.1, 0.15) is 21.5 Å². The van der Waals surface area contributed by atoms with Gasteiger partial charge in [-0.15, -0.1) is 0 Å². The first-order valence-corrected chi connectivity index (χ1v) is 7.78. The number of nitrogen functional groups attached to an aromatic ring is 1. The number of carbonyl (C=O) groups excluding carboxylic acids is 1. The minimum absolute atomic E-state index is 0.00480. The number of anilines is 1. The fraction of sp³-hybridized carbons (Fsp3) is 0.133. The molecule has 0 spiro atoms. The van der Waals surface area contributed by atoms with Gasteiger partial charge >= 0.3 is 0 Å². The van der Waals surface area contributed by atoms with Crippen LogP contribution in [0.25, 0.3) is 0 Å². The topological polar surface area (TPSA) is 89.3 Å². The second-order valence-corrected chi connectivity index (χ2v) is 6.50. The molecular formula is C15H16N2O3S. The third kappa shape index (κ3) is 3.41. The van der Waals surface area contributed by atoms with Gasteiger partial charge in [-0.05, 0) is 49.7 Å². The van der Waals surface area contributed by atoms with E-state index in [-0.39, 0.29) is 4.90 Å². The Balaban J connectivity index is 2.28. The van der Waals surface area contributed by atoms with E-state index in [9.17, 15) is 13.2 Å². The molecule has 0 bridgehead atoms. The summed E-state index contributed by atoms with van der Waals surface area (Å²) < 4.78 is 26.3. The molecule has 2 aromatic rings. The van der Waals surface area contributed by atoms with Crippen molar-refractivity contribution in [3.63, 3.8) is 0 Å². The smallest absolute Gasteiger partial charge is 0.265 e. The van der Waals surface area contributed by atoms with E-state index in [2.05, 4.69) is 4.72 Å². The zero-order valence-electron chi connectivity index (χ0n) is 11.8. The van der Waals surface area contributed by atoms with E-state index in [1.807, 2.05) is 13.0 Å². The minimum atomic E-state index is -3.91. The van der Waals surface area contributed by atoms with Crippen LogP contribution in [0.2, 0.25) is 0 Å². The van der Waals surface area contributed by atoms with Crippen LogP contribution in [-0.2, 0) is 10.0 Å². The molecule has 6 heteroatoms. The third-order valence-electron chi connectivity index (χ3n) is 3.04. The molecule has 21 heavy (non-hydrogen) atoms. The molecule has 3 N–H and O–H groups in total. The van der Waals surface area contributed by atoms with Gasteiger partial charge in [0.05, 0.1) is 4.90 Å². The summed E-state index contributed by atoms with van der Waals surface area (Å²) >= 11 is 0. The lowest BCUT2D eigenvalue weighted by Crippen LogP contribution is -2.31. The molecular weight excluding hydrogens is 288 g/mol. The number of rotatable bonds is 3. The van der Waals surface area contributed by atoms with E-state index < -0.39 is 15.9 Å². The average Bonchev–Trinajstić information content (AvgIpc) is 2.38. The van der Waals surface area contributed by atoms with E-state index in [1.165, 1.54) is 24.3 Å². The van der Waals surface area contributed by atoms with Crippen LogP contribution >= 0.6 is 0 Å². The highest BCUT2D eigenvalue weighted by Gasteiger charge is 2.19. The molecule has 0 saturated heterocycles. The Morgan fingerprint density at radius 2 is 1.67 bits per heavy atom. The molecule has 0 heterocycles. The number of aryl methyl sites for hydroxylation is 2. The summed E-state index contributed by atoms with van der Waals surface area (Å²) in [6.07, 6.45) is 0. The molecule has 0 aliphatic rings. The SMILES string of the molecule is Cc1ccc(C(=O)NS(=O)(=O)c2ccc(N)cc2)c(C)c1. The van der Waals surface area contributed by atoms with Crippen molar-refractivity contribution in [2.24, 2.45) is 0 Å². The molecule has 0 fully saturated rings. The molecule has 0 aliphatic carbocycles. The van der Waals surface area contributed by atoms with Gasteiger partial charge in [0.1, 0.15) is 0 Å². The number of hydrogen-bond donors (Lipinski definition) is 2. The molecule has 0 aromatic heterocycles. The van der Waals surface area contributed by atoms with Gasteiger partial charge in [-0.25, -0.2) is 13.1 Å². The van der Waals surface area contributed by atoms with Crippen molar-refractivity contribution in [3.05, 3.63) is 59.2 Å². The fourth-order valence-electron chi connectivity index (χ4n) is 1.95. The third-order valence-corrected chi connectivity index (χ3v) is 4.39. The second kappa shape index (κ2) is 5.57. The summed E-state index contributed by atoms with van der Waals surface area (Å²) in [6.45, 7) is 3.66. The summed E-state index contributed by atoms with van der Waals surface area (Å²) in [5, 5.41) is 0. The summed E-state index contributed by atoms with van der Waals surface area (Å²) in [4.78, 5) is 12.1. The lowest BCUT2D eigenvalue weighted by atomic mass is 10.1. The maximum Gasteiger partial charge on any atom is 0.265 e. The lowest BCUT2D eigenvalue weighted by Gasteiger charge is -2.09. The number of benzene rings is 2. The largest absolute Gasteiger partial charge is 0.399 e. The Kier molecular flexibility index (Phi) is 3.99. The Morgan fingerprint density at radius 1 is 1.05 bits per heavy atom. The van der Waals surface area contributed by atoms with Crippen molar-refractivity contribution < 1.29 is 13.2 Å². The van der Waals surface area contributed by atoms with Gasteiger partial charge in [0.25, 0.3) is 15.9 Å². The zero-order chi connectivity index (χ0) is 15.6. The van der Waals surface area contributed by atoms with Gasteiger partial charge in [0.15, 0.2) is 0 Å². The van der Waals surface area contributed by atoms with Crippen molar-refractivity contribution >= 4 is 21.6 Å². The first-order chi connectivity index (χ1) is 9.79. The van der Waals surface area contributed by atoms with Crippen molar-refractivity contribution in [2.75, 3.05) is 5.73 Å². The van der Waals surface area contributed by atoms with Gasteiger partial charge in [-0.1, -0.05) is 17.7 Å². The summed E-state index contributed by atoms with van der Waals surface area (Å²) in [5.74, 6) is -0.649. The minimum Gasteiger partial charge on any atom is -0.399 e. The summed E-state index contributed by atoms with van der Waals surface area (Å²) in [7, 11) is -3.91. The van der Waals surface area contributed by atoms with Crippen LogP contribution in [0.5, 0.6) is 0 Å². The van der Waals surface area contributed by atoms with E-state index in [0.717, 1.165) is 11.1 Å². The predicted molar refractivity (Wildman–Crippen MR) is 81.4 cm³/mol. The van der Waals surface area contributed by atoms with Crippen LogP contribution in [0.4, 0.5) is 5.69 Å². The van der Waals surface area contributed by atoms with Crippen LogP contribution in [0.15, 0.2) is 47.4 Å². The quantitative estimate of drug-likeness (QED) is 0.849. The predicted octanol–water partition coefficient (Wildman–Crippen LogP) is 2.00. The molecule has 0 atom stereocenters. The highest BCUT2D eigenvalue weighted by atomic mass is 32.2. The van der Waals surface area contributed by atoms with Crippen molar-refractivity contribution in [2.45, 2.75) is 18.7 Å². The molecule has 0 aliphatic heterocycles. The number of nitrogens with one attached hydrogen (secondary N) is 1. The van der Waals surface area contributed by atoms with Crippen LogP contribution in [0, 0.1) is 13.8 Å². The first-order valence-electron chi connectivity index (χ1n) is 6.29. The lowest BCUT2D eigenvalue weighted by molar-refractivity contribution is 0.0981. The van der Waals surface area contributed by atoms with Gasteiger partial charge in [-0.2, -0.15) is 0 Å². The maximum atomic E-state index is 12.1. The number of nitrogens with two attached hydrogens (primary N) is 1. The van der Waals surface area contributed by atoms with E-state index >= 15 is 0 Å². The Labute approximate surface area is 123 Å². The number of hydrogen-bond acceptors (Lipinski definition) is 4. The maximum absolute atomic E-state index is 12.1. The number of carbonyl (C=O) groups is 1. The summed E-state index contributed by atoms with van der Waals surface area (Å²) in [5.41, 5.74) is 8.03. The van der Waals surface area contributed by atoms with Crippen LogP contribution in [-0.4, -0.2) is 14.3 Å². The molecule has 0 radical (unpaired) electrons. The molecule has 2 rings (SSSR count). The molecule has 0 saturated carbocycles. The normalized spacial score (nSPS) is 11.1. The van der Waals surface area contributed by atoms with E-state index in [1.54, 1.807) is 19.1 Å². The van der Waals surface area contributed by atoms with E-state index in [0.29, 0.717) is 11.3 Å². The van der Waals surface area contributed by atoms with Crippen molar-refractivity contribution in [1.82, 2.24) is 4.72 Å². The molecule has 0 unspecified atom stereocenters. The second-order valence-electron chi connectivity index (χ2n) is 4.82. The van der Waals surface area contributed by atoms with Crippen molar-refractivity contribution in [3.8, 4) is 0 Å². The zero-order valence-corrected chi connectivity index (χ0v) is 12.6. The first kappa shape index (κ1) is 15.1. The Hall–Kier alpha value is -2.34. The number of sulfonamides is 1. The van der Waals surface area contributed by atoms with Crippen LogP contribution in [0.3, 0.4) is 0 Å². The number of amides is 1. The molecule has 1 amide bonds. The fourth-order valence-corrected chi connectivity index (χ4v) is 2.92. The highest BCUT2D eigenvalue weighted by Crippen LogP contribution is 2.14. The monoisotopic (exact) mass is 304 g/mol. The van der Waals surface area contributed by atoms with Crippen molar-refractivity contribution in [1.29, 1.82) is 0 Å². The Bertz CT molecular complexity index is 781. The van der Waals surface area contributed by atoms with Crippen LogP contribution < -0.4 is 10.5 Å². The molecule has 5 nitrogen and oxygen atoms in total. The van der Waals surface area contributed by atoms with Gasteiger partial charge in [0, 0.05) is 11.3 Å². The molecule has 110 valence electrons. The summed E-state index contributed by atoms with van der Waals surface area (Å²) in [6, 6.07) is 10.8. The van der Waals surface area contributed by atoms with Gasteiger partial charge in [0.2, 0.25) is 0 Å². The molecule has 2 aromatic carbocycles.